The molecule has 4 aromatic rings. The van der Waals surface area contributed by atoms with Gasteiger partial charge >= 0.3 is 0 Å². The number of benzene rings is 4. The largest absolute Gasteiger partial charge is 0.378 e. The third-order valence-electron chi connectivity index (χ3n) is 6.86. The summed E-state index contributed by atoms with van der Waals surface area (Å²) in [6.07, 6.45) is 3.83. The van der Waals surface area contributed by atoms with Gasteiger partial charge in [0.25, 0.3) is 0 Å². The molecule has 1 aliphatic rings. The maximum atomic E-state index is 4.84. The van der Waals surface area contributed by atoms with E-state index in [-0.39, 0.29) is 0 Å². The summed E-state index contributed by atoms with van der Waals surface area (Å²) >= 11 is 0. The number of hydrogen-bond donors (Lipinski definition) is 0. The van der Waals surface area contributed by atoms with Gasteiger partial charge in [-0.15, -0.1) is 0 Å². The number of amidine groups is 1. The highest BCUT2D eigenvalue weighted by Crippen LogP contribution is 2.22. The van der Waals surface area contributed by atoms with Gasteiger partial charge in [-0.3, -0.25) is 15.0 Å². The van der Waals surface area contributed by atoms with Crippen LogP contribution in [0.4, 0.5) is 22.7 Å². The van der Waals surface area contributed by atoms with Gasteiger partial charge in [-0.25, -0.2) is 0 Å². The first kappa shape index (κ1) is 26.9. The van der Waals surface area contributed by atoms with E-state index in [0.717, 1.165) is 53.5 Å². The van der Waals surface area contributed by atoms with Crippen molar-refractivity contribution in [1.82, 2.24) is 4.90 Å². The lowest BCUT2D eigenvalue weighted by molar-refractivity contribution is 0.453. The molecule has 6 heteroatoms. The van der Waals surface area contributed by atoms with Crippen molar-refractivity contribution in [3.63, 3.8) is 0 Å². The summed E-state index contributed by atoms with van der Waals surface area (Å²) < 4.78 is 0. The number of nitrogens with zero attached hydrogens (tertiary/aromatic N) is 6. The predicted octanol–water partition coefficient (Wildman–Crippen LogP) is 6.58. The summed E-state index contributed by atoms with van der Waals surface area (Å²) in [7, 11) is 8.17. The van der Waals surface area contributed by atoms with Crippen molar-refractivity contribution in [1.29, 1.82) is 0 Å². The maximum absolute atomic E-state index is 4.84. The van der Waals surface area contributed by atoms with Gasteiger partial charge in [0.1, 0.15) is 5.84 Å². The summed E-state index contributed by atoms with van der Waals surface area (Å²) in [6.45, 7) is 2.47. The third kappa shape index (κ3) is 6.83. The van der Waals surface area contributed by atoms with E-state index in [1.165, 1.54) is 16.9 Å². The molecule has 6 nitrogen and oxygen atoms in total. The van der Waals surface area contributed by atoms with E-state index < -0.39 is 0 Å². The maximum Gasteiger partial charge on any atom is 0.131 e. The van der Waals surface area contributed by atoms with Crippen molar-refractivity contribution in [2.45, 2.75) is 6.54 Å². The van der Waals surface area contributed by atoms with Gasteiger partial charge in [0, 0.05) is 70.6 Å². The average Bonchev–Trinajstić information content (AvgIpc) is 3.44. The van der Waals surface area contributed by atoms with E-state index in [0.29, 0.717) is 0 Å². The second kappa shape index (κ2) is 12.4. The van der Waals surface area contributed by atoms with E-state index in [2.05, 4.69) is 99.6 Å². The van der Waals surface area contributed by atoms with Crippen LogP contribution in [-0.4, -0.2) is 64.4 Å². The molecule has 202 valence electrons. The molecule has 0 N–H and O–H groups in total. The molecule has 0 amide bonds. The molecule has 0 bridgehead atoms. The fourth-order valence-electron chi connectivity index (χ4n) is 4.61. The minimum absolute atomic E-state index is 0.783. The molecule has 0 aliphatic carbocycles. The molecule has 0 unspecified atom stereocenters. The van der Waals surface area contributed by atoms with E-state index in [4.69, 9.17) is 15.0 Å². The normalized spacial score (nSPS) is 13.3. The number of anilines is 2. The van der Waals surface area contributed by atoms with Crippen molar-refractivity contribution in [3.8, 4) is 0 Å². The Bertz CT molecular complexity index is 1520. The lowest BCUT2D eigenvalue weighted by atomic mass is 10.1. The summed E-state index contributed by atoms with van der Waals surface area (Å²) in [5, 5.41) is 0. The zero-order valence-corrected chi connectivity index (χ0v) is 23.7. The van der Waals surface area contributed by atoms with Gasteiger partial charge < -0.3 is 14.7 Å². The Kier molecular flexibility index (Phi) is 8.35. The Hall–Kier alpha value is -4.71. The summed E-state index contributed by atoms with van der Waals surface area (Å²) in [5.41, 5.74) is 8.66. The molecule has 0 saturated heterocycles. The van der Waals surface area contributed by atoms with Crippen LogP contribution in [0.5, 0.6) is 0 Å². The van der Waals surface area contributed by atoms with Crippen molar-refractivity contribution < 1.29 is 0 Å². The molecule has 0 aromatic heterocycles. The fourth-order valence-corrected chi connectivity index (χ4v) is 4.61. The Labute approximate surface area is 237 Å². The second-order valence-corrected chi connectivity index (χ2v) is 10.3. The van der Waals surface area contributed by atoms with Crippen LogP contribution in [-0.2, 0) is 6.54 Å². The first-order valence-electron chi connectivity index (χ1n) is 13.6. The van der Waals surface area contributed by atoms with Gasteiger partial charge in [-0.1, -0.05) is 48.5 Å². The predicted molar refractivity (Wildman–Crippen MR) is 171 cm³/mol. The topological polar surface area (TPSA) is 46.8 Å². The molecule has 4 aromatic carbocycles. The highest BCUT2D eigenvalue weighted by atomic mass is 15.2. The van der Waals surface area contributed by atoms with Crippen LogP contribution in [0.15, 0.2) is 112 Å². The lowest BCUT2D eigenvalue weighted by Gasteiger charge is -2.21. The van der Waals surface area contributed by atoms with E-state index in [1.54, 1.807) is 0 Å². The van der Waals surface area contributed by atoms with Gasteiger partial charge in [0.05, 0.1) is 17.9 Å². The second-order valence-electron chi connectivity index (χ2n) is 10.3. The van der Waals surface area contributed by atoms with Crippen LogP contribution < -0.4 is 9.80 Å². The molecular weight excluding hydrogens is 492 g/mol. The molecule has 1 aliphatic heterocycles. The van der Waals surface area contributed by atoms with Crippen molar-refractivity contribution >= 4 is 41.0 Å². The van der Waals surface area contributed by atoms with Crippen LogP contribution in [0.3, 0.4) is 0 Å². The fraction of sp³-hybridized carbons (Fsp3) is 0.206. The van der Waals surface area contributed by atoms with Gasteiger partial charge in [-0.05, 0) is 65.2 Å². The van der Waals surface area contributed by atoms with Crippen LogP contribution in [0.2, 0.25) is 0 Å². The summed E-state index contributed by atoms with van der Waals surface area (Å²) in [6, 6.07) is 33.5. The third-order valence-corrected chi connectivity index (χ3v) is 6.86. The zero-order valence-electron chi connectivity index (χ0n) is 23.7. The highest BCUT2D eigenvalue weighted by Gasteiger charge is 2.19. The Balaban J connectivity index is 1.25. The minimum Gasteiger partial charge on any atom is -0.378 e. The SMILES string of the molecule is CN(C)c1ccc(C=Nc2cccc(CN3CCN=C3c3cccc(N=Cc4ccc(N(C)C)cc4)c3)c2)cc1. The quantitative estimate of drug-likeness (QED) is 0.231. The Morgan fingerprint density at radius 1 is 0.700 bits per heavy atom. The van der Waals surface area contributed by atoms with E-state index >= 15 is 0 Å². The van der Waals surface area contributed by atoms with E-state index in [1.807, 2.05) is 52.8 Å². The van der Waals surface area contributed by atoms with Crippen LogP contribution in [0.1, 0.15) is 22.3 Å². The number of rotatable bonds is 9. The summed E-state index contributed by atoms with van der Waals surface area (Å²) in [5.74, 6) is 1.02. The molecule has 0 fully saturated rings. The molecule has 1 heterocycles. The van der Waals surface area contributed by atoms with Crippen LogP contribution in [0.25, 0.3) is 0 Å². The molecule has 5 rings (SSSR count). The summed E-state index contributed by atoms with van der Waals surface area (Å²) in [4.78, 5) is 20.8. The van der Waals surface area contributed by atoms with Crippen molar-refractivity contribution in [2.24, 2.45) is 15.0 Å². The first-order chi connectivity index (χ1) is 19.4. The average molecular weight is 529 g/mol. The van der Waals surface area contributed by atoms with Gasteiger partial charge in [0.15, 0.2) is 0 Å². The zero-order chi connectivity index (χ0) is 27.9. The van der Waals surface area contributed by atoms with Gasteiger partial charge in [0.2, 0.25) is 0 Å². The van der Waals surface area contributed by atoms with Crippen molar-refractivity contribution in [3.05, 3.63) is 119 Å². The molecule has 0 saturated carbocycles. The first-order valence-corrected chi connectivity index (χ1v) is 13.6. The Morgan fingerprint density at radius 2 is 1.25 bits per heavy atom. The minimum atomic E-state index is 0.783. The molecule has 0 atom stereocenters. The highest BCUT2D eigenvalue weighted by molar-refractivity contribution is 6.00. The Morgan fingerprint density at radius 3 is 1.82 bits per heavy atom. The van der Waals surface area contributed by atoms with Gasteiger partial charge in [-0.2, -0.15) is 0 Å². The monoisotopic (exact) mass is 528 g/mol. The van der Waals surface area contributed by atoms with Crippen LogP contribution in [0, 0.1) is 0 Å². The molecular formula is C34H36N6. The molecule has 0 radical (unpaired) electrons. The standard InChI is InChI=1S/C34H36N6/c1-38(2)32-15-11-26(12-16-32)23-36-30-9-5-7-28(21-30)25-40-20-19-35-34(40)29-8-6-10-31(22-29)37-24-27-13-17-33(18-14-27)39(3)4/h5-18,21-24H,19-20,25H2,1-4H3. The van der Waals surface area contributed by atoms with Crippen molar-refractivity contribution in [2.75, 3.05) is 51.1 Å². The van der Waals surface area contributed by atoms with E-state index in [9.17, 15) is 0 Å². The lowest BCUT2D eigenvalue weighted by Crippen LogP contribution is -2.27. The molecule has 40 heavy (non-hydrogen) atoms. The number of hydrogen-bond acceptors (Lipinski definition) is 6. The molecule has 0 spiro atoms. The smallest absolute Gasteiger partial charge is 0.131 e. The number of aliphatic imine (C=N–C) groups is 3. The van der Waals surface area contributed by atoms with Crippen LogP contribution >= 0.6 is 0 Å².